The second-order valence-corrected chi connectivity index (χ2v) is 7.84. The van der Waals surface area contributed by atoms with E-state index in [1.807, 2.05) is 68.4 Å². The molecule has 0 saturated heterocycles. The Bertz CT molecular complexity index is 862. The molecule has 2 aromatic rings. The number of amides is 1. The van der Waals surface area contributed by atoms with Gasteiger partial charge in [-0.1, -0.05) is 42.5 Å². The minimum absolute atomic E-state index is 0. The number of aliphatic hydroxyl groups excluding tert-OH is 1. The van der Waals surface area contributed by atoms with Gasteiger partial charge in [-0.2, -0.15) is 0 Å². The van der Waals surface area contributed by atoms with E-state index in [1.165, 1.54) is 0 Å². The largest absolute Gasteiger partial charge is 0.389 e. The van der Waals surface area contributed by atoms with E-state index in [2.05, 4.69) is 15.6 Å². The van der Waals surface area contributed by atoms with Crippen molar-refractivity contribution < 1.29 is 14.6 Å². The number of carbonyl (C=O) groups is 1. The van der Waals surface area contributed by atoms with Gasteiger partial charge in [0.25, 0.3) is 5.91 Å². The van der Waals surface area contributed by atoms with Crippen molar-refractivity contribution in [3.05, 3.63) is 71.3 Å². The van der Waals surface area contributed by atoms with Crippen LogP contribution in [0.2, 0.25) is 0 Å². The van der Waals surface area contributed by atoms with Gasteiger partial charge < -0.3 is 25.4 Å². The van der Waals surface area contributed by atoms with Crippen LogP contribution in [0.5, 0.6) is 0 Å². The fraction of sp³-hybridized carbons (Fsp3) is 0.440. The lowest BCUT2D eigenvalue weighted by molar-refractivity contribution is 0.00112. The monoisotopic (exact) mass is 568 g/mol. The number of guanidine groups is 1. The summed E-state index contributed by atoms with van der Waals surface area (Å²) in [6, 6.07) is 17.6. The molecule has 0 saturated carbocycles. The molecule has 3 N–H and O–H groups in total. The van der Waals surface area contributed by atoms with Crippen LogP contribution in [0.15, 0.2) is 59.6 Å². The predicted octanol–water partition coefficient (Wildman–Crippen LogP) is 3.24. The summed E-state index contributed by atoms with van der Waals surface area (Å²) in [6.07, 6.45) is -0.0270. The fourth-order valence-electron chi connectivity index (χ4n) is 3.11. The predicted molar refractivity (Wildman–Crippen MR) is 144 cm³/mol. The molecule has 33 heavy (non-hydrogen) atoms. The smallest absolute Gasteiger partial charge is 0.253 e. The lowest BCUT2D eigenvalue weighted by Crippen LogP contribution is -2.39. The number of hydrogen-bond acceptors (Lipinski definition) is 4. The van der Waals surface area contributed by atoms with Crippen molar-refractivity contribution in [1.29, 1.82) is 0 Å². The van der Waals surface area contributed by atoms with Gasteiger partial charge in [0.1, 0.15) is 0 Å². The van der Waals surface area contributed by atoms with Gasteiger partial charge in [-0.05, 0) is 43.5 Å². The lowest BCUT2D eigenvalue weighted by atomic mass is 10.1. The minimum Gasteiger partial charge on any atom is -0.389 e. The first-order chi connectivity index (χ1) is 15.4. The van der Waals surface area contributed by atoms with Crippen molar-refractivity contribution >= 4 is 35.8 Å². The molecule has 0 bridgehead atoms. The standard InChI is InChI=1S/C25H36N4O3.HI/c1-5-26-25(27-15-14-20-10-9-13-22(16-20)24(31)29(3)4)28-17-23(30)18-32-19(2)21-11-7-6-8-12-21;/h6-13,16,19,23,30H,5,14-15,17-18H2,1-4H3,(H2,26,27,28);1H. The number of nitrogens with zero attached hydrogens (tertiary/aromatic N) is 2. The normalized spacial score (nSPS) is 12.9. The molecule has 0 aromatic heterocycles. The molecular weight excluding hydrogens is 531 g/mol. The first-order valence-electron chi connectivity index (χ1n) is 11.1. The van der Waals surface area contributed by atoms with E-state index in [4.69, 9.17) is 4.74 Å². The molecule has 2 rings (SSSR count). The molecule has 2 atom stereocenters. The number of hydrogen-bond donors (Lipinski definition) is 3. The van der Waals surface area contributed by atoms with Crippen LogP contribution in [0, 0.1) is 0 Å². The maximum Gasteiger partial charge on any atom is 0.253 e. The number of ether oxygens (including phenoxy) is 1. The van der Waals surface area contributed by atoms with Gasteiger partial charge in [-0.3, -0.25) is 9.79 Å². The highest BCUT2D eigenvalue weighted by molar-refractivity contribution is 14.0. The number of halogens is 1. The quantitative estimate of drug-likeness (QED) is 0.220. The number of nitrogens with one attached hydrogen (secondary N) is 2. The molecule has 1 amide bonds. The van der Waals surface area contributed by atoms with Gasteiger partial charge in [0.05, 0.1) is 25.4 Å². The molecule has 2 unspecified atom stereocenters. The van der Waals surface area contributed by atoms with E-state index in [0.29, 0.717) is 18.1 Å². The van der Waals surface area contributed by atoms with Crippen molar-refractivity contribution in [2.75, 3.05) is 40.3 Å². The van der Waals surface area contributed by atoms with Crippen molar-refractivity contribution in [2.24, 2.45) is 4.99 Å². The number of aliphatic hydroxyl groups is 1. The third kappa shape index (κ3) is 10.5. The van der Waals surface area contributed by atoms with Crippen LogP contribution >= 0.6 is 24.0 Å². The van der Waals surface area contributed by atoms with Crippen molar-refractivity contribution in [3.8, 4) is 0 Å². The molecule has 2 aromatic carbocycles. The van der Waals surface area contributed by atoms with Crippen LogP contribution in [0.1, 0.15) is 41.4 Å². The number of carbonyl (C=O) groups excluding carboxylic acids is 1. The highest BCUT2D eigenvalue weighted by Gasteiger charge is 2.11. The van der Waals surface area contributed by atoms with Gasteiger partial charge in [-0.25, -0.2) is 0 Å². The molecule has 7 nitrogen and oxygen atoms in total. The summed E-state index contributed by atoms with van der Waals surface area (Å²) in [5.74, 6) is 0.635. The first kappa shape index (κ1) is 28.9. The summed E-state index contributed by atoms with van der Waals surface area (Å²) in [6.45, 7) is 5.79. The Kier molecular flexibility index (Phi) is 13.7. The molecule has 0 aliphatic heterocycles. The third-order valence-corrected chi connectivity index (χ3v) is 4.90. The van der Waals surface area contributed by atoms with Crippen molar-refractivity contribution in [2.45, 2.75) is 32.5 Å². The summed E-state index contributed by atoms with van der Waals surface area (Å²) >= 11 is 0. The topological polar surface area (TPSA) is 86.2 Å². The summed E-state index contributed by atoms with van der Waals surface area (Å²) in [5, 5.41) is 16.7. The number of rotatable bonds is 11. The summed E-state index contributed by atoms with van der Waals surface area (Å²) in [5.41, 5.74) is 2.83. The van der Waals surface area contributed by atoms with Crippen LogP contribution < -0.4 is 10.6 Å². The second kappa shape index (κ2) is 15.6. The zero-order chi connectivity index (χ0) is 23.3. The SMILES string of the molecule is CCNC(=NCC(O)COC(C)c1ccccc1)NCCc1cccc(C(=O)N(C)C)c1.I. The maximum absolute atomic E-state index is 12.1. The van der Waals surface area contributed by atoms with E-state index < -0.39 is 6.10 Å². The van der Waals surface area contributed by atoms with Gasteiger partial charge >= 0.3 is 0 Å². The first-order valence-corrected chi connectivity index (χ1v) is 11.1. The zero-order valence-corrected chi connectivity index (χ0v) is 22.3. The summed E-state index contributed by atoms with van der Waals surface area (Å²) < 4.78 is 5.78. The van der Waals surface area contributed by atoms with Crippen molar-refractivity contribution in [1.82, 2.24) is 15.5 Å². The highest BCUT2D eigenvalue weighted by Crippen LogP contribution is 2.16. The molecular formula is C25H37IN4O3. The summed E-state index contributed by atoms with van der Waals surface area (Å²) in [4.78, 5) is 18.2. The number of benzene rings is 2. The average Bonchev–Trinajstić information content (AvgIpc) is 2.81. The maximum atomic E-state index is 12.1. The molecule has 0 aliphatic rings. The zero-order valence-electron chi connectivity index (χ0n) is 20.0. The van der Waals surface area contributed by atoms with Crippen LogP contribution in [0.4, 0.5) is 0 Å². The van der Waals surface area contributed by atoms with E-state index >= 15 is 0 Å². The molecule has 8 heteroatoms. The van der Waals surface area contributed by atoms with Crippen LogP contribution in [0.3, 0.4) is 0 Å². The molecule has 0 radical (unpaired) electrons. The Labute approximate surface area is 214 Å². The fourth-order valence-corrected chi connectivity index (χ4v) is 3.11. The van der Waals surface area contributed by atoms with Gasteiger partial charge in [0.2, 0.25) is 0 Å². The van der Waals surface area contributed by atoms with Gasteiger partial charge in [0, 0.05) is 32.7 Å². The van der Waals surface area contributed by atoms with Crippen LogP contribution in [-0.2, 0) is 11.2 Å². The van der Waals surface area contributed by atoms with E-state index in [1.54, 1.807) is 19.0 Å². The van der Waals surface area contributed by atoms with E-state index in [-0.39, 0.29) is 49.1 Å². The second-order valence-electron chi connectivity index (χ2n) is 7.84. The molecule has 0 heterocycles. The van der Waals surface area contributed by atoms with E-state index in [0.717, 1.165) is 24.1 Å². The highest BCUT2D eigenvalue weighted by atomic mass is 127. The van der Waals surface area contributed by atoms with Crippen LogP contribution in [-0.4, -0.2) is 68.3 Å². The molecule has 0 fully saturated rings. The number of aliphatic imine (C=N–C) groups is 1. The van der Waals surface area contributed by atoms with Crippen LogP contribution in [0.25, 0.3) is 0 Å². The van der Waals surface area contributed by atoms with Crippen molar-refractivity contribution in [3.63, 3.8) is 0 Å². The average molecular weight is 569 g/mol. The summed E-state index contributed by atoms with van der Waals surface area (Å²) in [7, 11) is 3.50. The molecule has 0 aliphatic carbocycles. The Morgan fingerprint density at radius 2 is 1.85 bits per heavy atom. The third-order valence-electron chi connectivity index (χ3n) is 4.90. The molecule has 0 spiro atoms. The minimum atomic E-state index is -0.689. The Morgan fingerprint density at radius 1 is 1.12 bits per heavy atom. The Morgan fingerprint density at radius 3 is 2.52 bits per heavy atom. The lowest BCUT2D eigenvalue weighted by Gasteiger charge is -2.17. The Hall–Kier alpha value is -2.17. The molecule has 182 valence electrons. The Balaban J connectivity index is 0.00000544. The van der Waals surface area contributed by atoms with Gasteiger partial charge in [-0.15, -0.1) is 24.0 Å². The van der Waals surface area contributed by atoms with Gasteiger partial charge in [0.15, 0.2) is 5.96 Å². The van der Waals surface area contributed by atoms with E-state index in [9.17, 15) is 9.90 Å².